The number of rotatable bonds is 10. The minimum Gasteiger partial charge on any atom is -0.449 e. The van der Waals surface area contributed by atoms with Crippen LogP contribution in [0.4, 0.5) is 4.79 Å². The highest BCUT2D eigenvalue weighted by Gasteiger charge is 2.16. The molecule has 0 aliphatic carbocycles. The lowest BCUT2D eigenvalue weighted by Gasteiger charge is -2.11. The summed E-state index contributed by atoms with van der Waals surface area (Å²) in [5.41, 5.74) is 1.63. The SMILES string of the molecule is CCCCCn1c(=O)n(CCCOC(=O)NCc2cccc(C)c2)c(=O)c2[nH]c(Cl)nc21. The van der Waals surface area contributed by atoms with Gasteiger partial charge in [0.05, 0.1) is 6.61 Å². The quantitative estimate of drug-likeness (QED) is 0.355. The number of hydrogen-bond acceptors (Lipinski definition) is 5. The number of carbonyl (C=O) groups is 1. The molecular weight excluding hydrogens is 434 g/mol. The zero-order valence-electron chi connectivity index (χ0n) is 18.3. The molecule has 0 spiro atoms. The molecule has 0 bridgehead atoms. The number of unbranched alkanes of at least 4 members (excludes halogenated alkanes) is 2. The fraction of sp³-hybridized carbons (Fsp3) is 0.455. The predicted octanol–water partition coefficient (Wildman–Crippen LogP) is 3.35. The van der Waals surface area contributed by atoms with Crippen molar-refractivity contribution in [2.24, 2.45) is 0 Å². The molecule has 32 heavy (non-hydrogen) atoms. The third kappa shape index (κ3) is 5.79. The molecule has 1 amide bonds. The number of H-pyrrole nitrogens is 1. The van der Waals surface area contributed by atoms with Crippen LogP contribution >= 0.6 is 11.6 Å². The van der Waals surface area contributed by atoms with Gasteiger partial charge in [0.15, 0.2) is 11.2 Å². The van der Waals surface area contributed by atoms with Gasteiger partial charge in [-0.2, -0.15) is 4.98 Å². The molecule has 2 heterocycles. The zero-order chi connectivity index (χ0) is 23.1. The van der Waals surface area contributed by atoms with E-state index in [9.17, 15) is 14.4 Å². The van der Waals surface area contributed by atoms with Gasteiger partial charge >= 0.3 is 11.8 Å². The first-order valence-corrected chi connectivity index (χ1v) is 11.1. The Morgan fingerprint density at radius 3 is 2.72 bits per heavy atom. The van der Waals surface area contributed by atoms with Gasteiger partial charge in [-0.15, -0.1) is 0 Å². The summed E-state index contributed by atoms with van der Waals surface area (Å²) in [7, 11) is 0. The van der Waals surface area contributed by atoms with E-state index in [1.807, 2.05) is 31.2 Å². The van der Waals surface area contributed by atoms with Crippen molar-refractivity contribution < 1.29 is 9.53 Å². The van der Waals surface area contributed by atoms with E-state index >= 15 is 0 Å². The number of hydrogen-bond donors (Lipinski definition) is 2. The first kappa shape index (κ1) is 23.6. The second-order valence-electron chi connectivity index (χ2n) is 7.66. The Labute approximate surface area is 190 Å². The van der Waals surface area contributed by atoms with Gasteiger partial charge in [-0.1, -0.05) is 49.6 Å². The Hall–Kier alpha value is -3.07. The molecule has 1 aromatic carbocycles. The fourth-order valence-corrected chi connectivity index (χ4v) is 3.67. The van der Waals surface area contributed by atoms with Gasteiger partial charge in [0.1, 0.15) is 0 Å². The molecule has 0 saturated carbocycles. The van der Waals surface area contributed by atoms with E-state index in [0.717, 1.165) is 35.0 Å². The molecule has 0 saturated heterocycles. The van der Waals surface area contributed by atoms with Gasteiger partial charge < -0.3 is 15.0 Å². The van der Waals surface area contributed by atoms with E-state index in [4.69, 9.17) is 16.3 Å². The lowest BCUT2D eigenvalue weighted by Crippen LogP contribution is -2.40. The van der Waals surface area contributed by atoms with E-state index in [2.05, 4.69) is 22.2 Å². The number of aryl methyl sites for hydroxylation is 2. The molecule has 0 aliphatic heterocycles. The Morgan fingerprint density at radius 2 is 1.97 bits per heavy atom. The van der Waals surface area contributed by atoms with Crippen molar-refractivity contribution in [1.29, 1.82) is 0 Å². The largest absolute Gasteiger partial charge is 0.449 e. The van der Waals surface area contributed by atoms with Gasteiger partial charge in [-0.25, -0.2) is 9.59 Å². The van der Waals surface area contributed by atoms with E-state index in [0.29, 0.717) is 19.5 Å². The molecule has 2 N–H and O–H groups in total. The Morgan fingerprint density at radius 1 is 1.19 bits per heavy atom. The highest BCUT2D eigenvalue weighted by molar-refractivity contribution is 6.28. The van der Waals surface area contributed by atoms with Gasteiger partial charge in [0, 0.05) is 19.6 Å². The first-order valence-electron chi connectivity index (χ1n) is 10.8. The van der Waals surface area contributed by atoms with Crippen LogP contribution < -0.4 is 16.6 Å². The second kappa shape index (κ2) is 11.0. The van der Waals surface area contributed by atoms with Crippen molar-refractivity contribution in [1.82, 2.24) is 24.4 Å². The third-order valence-corrected chi connectivity index (χ3v) is 5.28. The number of alkyl carbamates (subject to hydrolysis) is 1. The number of ether oxygens (including phenoxy) is 1. The molecule has 172 valence electrons. The molecule has 2 aromatic heterocycles. The van der Waals surface area contributed by atoms with Crippen molar-refractivity contribution >= 4 is 28.9 Å². The van der Waals surface area contributed by atoms with Gasteiger partial charge in [0.25, 0.3) is 5.56 Å². The number of nitrogens with zero attached hydrogens (tertiary/aromatic N) is 3. The van der Waals surface area contributed by atoms with Crippen LogP contribution in [0.25, 0.3) is 11.2 Å². The summed E-state index contributed by atoms with van der Waals surface area (Å²) >= 11 is 5.94. The van der Waals surface area contributed by atoms with Crippen LogP contribution in [0.3, 0.4) is 0 Å². The average molecular weight is 462 g/mol. The normalized spacial score (nSPS) is 11.1. The summed E-state index contributed by atoms with van der Waals surface area (Å²) in [5, 5.41) is 2.75. The first-order chi connectivity index (χ1) is 15.4. The number of imidazole rings is 1. The molecule has 0 radical (unpaired) electrons. The summed E-state index contributed by atoms with van der Waals surface area (Å²) in [4.78, 5) is 44.5. The van der Waals surface area contributed by atoms with Crippen molar-refractivity contribution in [2.75, 3.05) is 6.61 Å². The standard InChI is InChI=1S/C22H28ClN5O4/c1-3-4-5-10-27-18-17(25-20(23)26-18)19(29)28(22(27)31)11-7-12-32-21(30)24-14-16-9-6-8-15(2)13-16/h6,8-9,13H,3-5,7,10-12,14H2,1-2H3,(H,24,30)(H,25,26). The van der Waals surface area contributed by atoms with Crippen molar-refractivity contribution in [2.45, 2.75) is 59.2 Å². The average Bonchev–Trinajstić information content (AvgIpc) is 3.16. The Balaban J connectivity index is 1.61. The van der Waals surface area contributed by atoms with E-state index < -0.39 is 17.3 Å². The lowest BCUT2D eigenvalue weighted by molar-refractivity contribution is 0.142. The van der Waals surface area contributed by atoms with E-state index in [-0.39, 0.29) is 29.6 Å². The summed E-state index contributed by atoms with van der Waals surface area (Å²) in [6, 6.07) is 7.81. The zero-order valence-corrected chi connectivity index (χ0v) is 19.1. The minimum atomic E-state index is -0.549. The van der Waals surface area contributed by atoms with Crippen LogP contribution in [0.2, 0.25) is 5.28 Å². The number of aromatic amines is 1. The maximum atomic E-state index is 12.9. The molecular formula is C22H28ClN5O4. The van der Waals surface area contributed by atoms with Crippen LogP contribution in [0.15, 0.2) is 33.9 Å². The summed E-state index contributed by atoms with van der Waals surface area (Å²) in [6.07, 6.45) is 2.51. The monoisotopic (exact) mass is 461 g/mol. The van der Waals surface area contributed by atoms with Gasteiger partial charge in [-0.3, -0.25) is 13.9 Å². The van der Waals surface area contributed by atoms with Crippen molar-refractivity contribution in [3.63, 3.8) is 0 Å². The molecule has 0 atom stereocenters. The van der Waals surface area contributed by atoms with Crippen LogP contribution in [0, 0.1) is 6.92 Å². The van der Waals surface area contributed by atoms with Crippen molar-refractivity contribution in [3.05, 3.63) is 61.5 Å². The minimum absolute atomic E-state index is 0.0621. The molecule has 0 unspecified atom stereocenters. The molecule has 0 fully saturated rings. The molecule has 3 rings (SSSR count). The Bertz CT molecular complexity index is 1200. The van der Waals surface area contributed by atoms with Gasteiger partial charge in [-0.05, 0) is 36.9 Å². The summed E-state index contributed by atoms with van der Waals surface area (Å²) in [6.45, 7) is 5.05. The molecule has 0 aliphatic rings. The van der Waals surface area contributed by atoms with Crippen LogP contribution in [-0.2, 0) is 24.4 Å². The van der Waals surface area contributed by atoms with Gasteiger partial charge in [0.2, 0.25) is 5.28 Å². The smallest absolute Gasteiger partial charge is 0.407 e. The maximum Gasteiger partial charge on any atom is 0.407 e. The summed E-state index contributed by atoms with van der Waals surface area (Å²) < 4.78 is 7.79. The number of amides is 1. The predicted molar refractivity (Wildman–Crippen MR) is 123 cm³/mol. The van der Waals surface area contributed by atoms with Crippen molar-refractivity contribution in [3.8, 4) is 0 Å². The number of aromatic nitrogens is 4. The Kier molecular flexibility index (Phi) is 8.10. The molecule has 10 heteroatoms. The molecule has 9 nitrogen and oxygen atoms in total. The fourth-order valence-electron chi connectivity index (χ4n) is 3.49. The molecule has 3 aromatic rings. The lowest BCUT2D eigenvalue weighted by atomic mass is 10.1. The van der Waals surface area contributed by atoms with Crippen LogP contribution in [0.5, 0.6) is 0 Å². The highest BCUT2D eigenvalue weighted by Crippen LogP contribution is 2.11. The maximum absolute atomic E-state index is 12.9. The van der Waals surface area contributed by atoms with Crippen LogP contribution in [0.1, 0.15) is 43.7 Å². The number of nitrogens with one attached hydrogen (secondary N) is 2. The van der Waals surface area contributed by atoms with E-state index in [1.165, 1.54) is 4.57 Å². The highest BCUT2D eigenvalue weighted by atomic mass is 35.5. The topological polar surface area (TPSA) is 111 Å². The second-order valence-corrected chi connectivity index (χ2v) is 8.01. The number of halogens is 1. The van der Waals surface area contributed by atoms with Crippen LogP contribution in [-0.4, -0.2) is 31.8 Å². The third-order valence-electron chi connectivity index (χ3n) is 5.10. The number of fused-ring (bicyclic) bond motifs is 1. The van der Waals surface area contributed by atoms with E-state index in [1.54, 1.807) is 0 Å². The number of carbonyl (C=O) groups excluding carboxylic acids is 1. The summed E-state index contributed by atoms with van der Waals surface area (Å²) in [5.74, 6) is 0. The number of benzene rings is 1.